The van der Waals surface area contributed by atoms with Crippen LogP contribution in [0.25, 0.3) is 11.7 Å². The molecule has 148 valence electrons. The number of aromatic nitrogens is 8. The number of imidazole rings is 2. The highest BCUT2D eigenvalue weighted by molar-refractivity contribution is 5.57. The first-order valence-corrected chi connectivity index (χ1v) is 9.08. The van der Waals surface area contributed by atoms with E-state index in [0.717, 1.165) is 18.5 Å². The number of aryl methyl sites for hydroxylation is 1. The molecule has 0 unspecified atom stereocenters. The summed E-state index contributed by atoms with van der Waals surface area (Å²) in [6.45, 7) is 0.457. The van der Waals surface area contributed by atoms with Crippen LogP contribution in [0, 0.1) is 0 Å². The summed E-state index contributed by atoms with van der Waals surface area (Å²) in [6.07, 6.45) is 8.87. The van der Waals surface area contributed by atoms with Gasteiger partial charge in [0.25, 0.3) is 5.62 Å². The zero-order chi connectivity index (χ0) is 20.0. The Balaban J connectivity index is 1.60. The van der Waals surface area contributed by atoms with Crippen molar-refractivity contribution < 1.29 is 5.11 Å². The van der Waals surface area contributed by atoms with Crippen LogP contribution in [0.1, 0.15) is 24.2 Å². The molecule has 0 saturated heterocycles. The molecule has 4 aromatic rings. The summed E-state index contributed by atoms with van der Waals surface area (Å²) in [5.41, 5.74) is 1.55. The van der Waals surface area contributed by atoms with Crippen molar-refractivity contribution >= 4 is 17.7 Å². The molecule has 5 rings (SSSR count). The van der Waals surface area contributed by atoms with Gasteiger partial charge in [-0.3, -0.25) is 4.98 Å². The summed E-state index contributed by atoms with van der Waals surface area (Å²) in [6, 6.07) is 0.249. The number of nitrogens with zero attached hydrogens (tertiary/aromatic N) is 7. The molecule has 12 heteroatoms. The fraction of sp³-hybridized carbons (Fsp3) is 0.294. The topological polar surface area (TPSA) is 154 Å². The van der Waals surface area contributed by atoms with E-state index in [1.807, 2.05) is 17.8 Å². The van der Waals surface area contributed by atoms with Crippen LogP contribution in [0.4, 0.5) is 5.95 Å². The molecule has 1 fully saturated rings. The van der Waals surface area contributed by atoms with E-state index in [-0.39, 0.29) is 17.6 Å². The van der Waals surface area contributed by atoms with Crippen LogP contribution in [-0.2, 0) is 13.6 Å². The zero-order valence-corrected chi connectivity index (χ0v) is 15.5. The lowest BCUT2D eigenvalue weighted by atomic mass is 10.3. The summed E-state index contributed by atoms with van der Waals surface area (Å²) in [5.74, 6) is 0.143. The molecule has 1 aliphatic rings. The number of nitrogens with one attached hydrogen (secondary N) is 3. The lowest BCUT2D eigenvalue weighted by Crippen LogP contribution is -2.24. The van der Waals surface area contributed by atoms with E-state index in [9.17, 15) is 9.90 Å². The van der Waals surface area contributed by atoms with Crippen molar-refractivity contribution in [3.8, 4) is 5.88 Å². The first kappa shape index (κ1) is 17.2. The van der Waals surface area contributed by atoms with Gasteiger partial charge >= 0.3 is 5.69 Å². The van der Waals surface area contributed by atoms with Crippen LogP contribution >= 0.6 is 0 Å². The maximum absolute atomic E-state index is 11.4. The molecule has 4 N–H and O–H groups in total. The number of hydrogen-bond donors (Lipinski definition) is 4. The minimum atomic E-state index is -0.498. The standard InChI is InChI=1S/C17H18N10O2/c1-26-7-11(19-8-26)6-18-15-23-13-9(4-12-14(28)24-17(29)22-12)5-20-27(13)16(25-15)21-10-2-3-10/h4-5,7-8,10,28H,2-3,6H2,1H3,(H,18,21,25)(H2,22,24,29). The Morgan fingerprint density at radius 3 is 2.93 bits per heavy atom. The van der Waals surface area contributed by atoms with E-state index in [2.05, 4.69) is 40.3 Å². The average molecular weight is 394 g/mol. The minimum Gasteiger partial charge on any atom is -0.493 e. The van der Waals surface area contributed by atoms with E-state index in [1.54, 1.807) is 23.1 Å². The minimum absolute atomic E-state index is 0.243. The second kappa shape index (κ2) is 6.58. The predicted octanol–water partition coefficient (Wildman–Crippen LogP) is -1.20. The van der Waals surface area contributed by atoms with Crippen molar-refractivity contribution in [1.29, 1.82) is 0 Å². The summed E-state index contributed by atoms with van der Waals surface area (Å²) in [4.78, 5) is 34.1. The Labute approximate surface area is 162 Å². The molecule has 1 aliphatic carbocycles. The molecule has 1 saturated carbocycles. The van der Waals surface area contributed by atoms with Crippen molar-refractivity contribution in [3.63, 3.8) is 0 Å². The summed E-state index contributed by atoms with van der Waals surface area (Å²) in [5, 5.41) is 17.9. The Morgan fingerprint density at radius 1 is 1.38 bits per heavy atom. The molecule has 4 aromatic heterocycles. The number of fused-ring (bicyclic) bond motifs is 1. The first-order valence-electron chi connectivity index (χ1n) is 9.08. The van der Waals surface area contributed by atoms with E-state index in [1.165, 1.54) is 0 Å². The smallest absolute Gasteiger partial charge is 0.326 e. The quantitative estimate of drug-likeness (QED) is 0.331. The molecule has 0 radical (unpaired) electrons. The number of hydrogen-bond acceptors (Lipinski definition) is 8. The SMILES string of the molecule is Cn1cnc(CNc2nc(=NC3CC3)n3ncc(=Cc4[nH]c(=O)[nH]c4O)c3n2)c1. The van der Waals surface area contributed by atoms with Crippen LogP contribution in [0.3, 0.4) is 0 Å². The van der Waals surface area contributed by atoms with Gasteiger partial charge in [-0.15, -0.1) is 0 Å². The molecule has 0 amide bonds. The number of H-pyrrole nitrogens is 2. The maximum Gasteiger partial charge on any atom is 0.326 e. The van der Waals surface area contributed by atoms with Gasteiger partial charge in [-0.25, -0.2) is 14.8 Å². The number of anilines is 1. The Kier molecular flexibility index (Phi) is 3.89. The molecule has 4 heterocycles. The fourth-order valence-electron chi connectivity index (χ4n) is 2.89. The van der Waals surface area contributed by atoms with Gasteiger partial charge in [0, 0.05) is 18.5 Å². The average Bonchev–Trinajstić information content (AvgIpc) is 3.10. The Bertz CT molecular complexity index is 1370. The Morgan fingerprint density at radius 2 is 2.24 bits per heavy atom. The Hall–Kier alpha value is -3.96. The third-order valence-corrected chi connectivity index (χ3v) is 4.44. The van der Waals surface area contributed by atoms with Crippen molar-refractivity contribution in [2.24, 2.45) is 12.0 Å². The molecule has 0 bridgehead atoms. The van der Waals surface area contributed by atoms with Crippen LogP contribution in [0.2, 0.25) is 0 Å². The molecule has 0 spiro atoms. The summed E-state index contributed by atoms with van der Waals surface area (Å²) in [7, 11) is 1.90. The predicted molar refractivity (Wildman–Crippen MR) is 102 cm³/mol. The third kappa shape index (κ3) is 3.47. The largest absolute Gasteiger partial charge is 0.493 e. The summed E-state index contributed by atoms with van der Waals surface area (Å²) < 4.78 is 3.42. The molecular weight excluding hydrogens is 376 g/mol. The molecule has 0 atom stereocenters. The van der Waals surface area contributed by atoms with Gasteiger partial charge in [-0.05, 0) is 18.9 Å². The van der Waals surface area contributed by atoms with E-state index < -0.39 is 5.69 Å². The van der Waals surface area contributed by atoms with Crippen LogP contribution in [-0.4, -0.2) is 50.2 Å². The highest BCUT2D eigenvalue weighted by Gasteiger charge is 2.21. The van der Waals surface area contributed by atoms with Crippen molar-refractivity contribution in [3.05, 3.63) is 51.4 Å². The first-order chi connectivity index (χ1) is 14.0. The van der Waals surface area contributed by atoms with E-state index >= 15 is 0 Å². The van der Waals surface area contributed by atoms with Gasteiger partial charge in [0.05, 0.1) is 30.8 Å². The monoisotopic (exact) mass is 394 g/mol. The second-order valence-electron chi connectivity index (χ2n) is 6.91. The van der Waals surface area contributed by atoms with E-state index in [4.69, 9.17) is 0 Å². The van der Waals surface area contributed by atoms with Gasteiger partial charge < -0.3 is 20.0 Å². The molecule has 29 heavy (non-hydrogen) atoms. The number of aromatic amines is 2. The maximum atomic E-state index is 11.4. The fourth-order valence-corrected chi connectivity index (χ4v) is 2.89. The zero-order valence-electron chi connectivity index (χ0n) is 15.5. The van der Waals surface area contributed by atoms with Crippen molar-refractivity contribution in [2.75, 3.05) is 5.32 Å². The van der Waals surface area contributed by atoms with Crippen LogP contribution < -0.4 is 21.8 Å². The van der Waals surface area contributed by atoms with Gasteiger partial charge in [-0.2, -0.15) is 19.6 Å². The van der Waals surface area contributed by atoms with Gasteiger partial charge in [0.15, 0.2) is 5.65 Å². The number of rotatable bonds is 5. The third-order valence-electron chi connectivity index (χ3n) is 4.44. The molecule has 12 nitrogen and oxygen atoms in total. The second-order valence-corrected chi connectivity index (χ2v) is 6.91. The van der Waals surface area contributed by atoms with Crippen molar-refractivity contribution in [1.82, 2.24) is 39.1 Å². The number of aromatic hydroxyl groups is 1. The molecule has 0 aromatic carbocycles. The highest BCUT2D eigenvalue weighted by atomic mass is 16.3. The highest BCUT2D eigenvalue weighted by Crippen LogP contribution is 2.22. The van der Waals surface area contributed by atoms with Crippen LogP contribution in [0.5, 0.6) is 5.88 Å². The van der Waals surface area contributed by atoms with E-state index in [0.29, 0.717) is 29.0 Å². The molecule has 0 aliphatic heterocycles. The van der Waals surface area contributed by atoms with Crippen molar-refractivity contribution in [2.45, 2.75) is 25.4 Å². The lowest BCUT2D eigenvalue weighted by Gasteiger charge is -2.03. The summed E-state index contributed by atoms with van der Waals surface area (Å²) >= 11 is 0. The lowest BCUT2D eigenvalue weighted by molar-refractivity contribution is 0.454. The molecular formula is C17H18N10O2. The van der Waals surface area contributed by atoms with Gasteiger partial charge in [-0.1, -0.05) is 0 Å². The van der Waals surface area contributed by atoms with Gasteiger partial charge in [0.1, 0.15) is 5.69 Å². The van der Waals surface area contributed by atoms with Crippen LogP contribution in [0.15, 0.2) is 28.5 Å². The normalized spacial score (nSPS) is 15.5. The van der Waals surface area contributed by atoms with Gasteiger partial charge in [0.2, 0.25) is 11.8 Å².